The second-order valence-corrected chi connectivity index (χ2v) is 14.4. The van der Waals surface area contributed by atoms with Crippen LogP contribution in [-0.4, -0.2) is 98.3 Å². The number of rotatable bonds is 13. The molecule has 6 rings (SSSR count). The number of amides is 3. The van der Waals surface area contributed by atoms with Crippen molar-refractivity contribution in [3.05, 3.63) is 59.7 Å². The van der Waals surface area contributed by atoms with E-state index in [2.05, 4.69) is 35.1 Å². The Kier molecular flexibility index (Phi) is 13.3. The highest BCUT2D eigenvalue weighted by atomic mass is 33.1. The van der Waals surface area contributed by atoms with Crippen molar-refractivity contribution >= 4 is 58.0 Å². The number of carbonyl (C=O) groups excluding carboxylic acids is 3. The largest absolute Gasteiger partial charge is 0.493 e. The smallest absolute Gasteiger partial charge is 0.416 e. The van der Waals surface area contributed by atoms with Crippen LogP contribution in [0.1, 0.15) is 73.1 Å². The van der Waals surface area contributed by atoms with Crippen molar-refractivity contribution in [3.8, 4) is 23.0 Å². The van der Waals surface area contributed by atoms with Crippen molar-refractivity contribution in [2.45, 2.75) is 70.2 Å². The SMILES string of the molecule is C=C1CC2C(O)N(C(=O)OCCSS)c3cc(OCCCCCOc4cc5c(cc4OC)C(=O)NC4(C=N5)CC(=C)C4)c(OC)cc3C(=O)N2C1.CC. The average molecular weight is 769 g/mol. The number of nitrogens with zero attached hydrogens (tertiary/aromatic N) is 3. The van der Waals surface area contributed by atoms with Gasteiger partial charge >= 0.3 is 6.09 Å². The van der Waals surface area contributed by atoms with Gasteiger partial charge in [0.2, 0.25) is 0 Å². The second kappa shape index (κ2) is 17.7. The maximum Gasteiger partial charge on any atom is 0.416 e. The molecule has 0 bridgehead atoms. The number of aliphatic imine (C=N–C) groups is 1. The molecule has 1 saturated heterocycles. The summed E-state index contributed by atoms with van der Waals surface area (Å²) in [6.07, 6.45) is 3.44. The minimum atomic E-state index is -1.37. The first kappa shape index (κ1) is 39.9. The molecule has 3 aliphatic heterocycles. The summed E-state index contributed by atoms with van der Waals surface area (Å²) in [5.74, 6) is 1.45. The maximum absolute atomic E-state index is 13.7. The molecule has 1 saturated carbocycles. The molecule has 2 aromatic rings. The van der Waals surface area contributed by atoms with Crippen molar-refractivity contribution in [3.63, 3.8) is 0 Å². The van der Waals surface area contributed by atoms with Gasteiger partial charge in [-0.05, 0) is 50.7 Å². The van der Waals surface area contributed by atoms with Gasteiger partial charge < -0.3 is 39.0 Å². The predicted octanol–water partition coefficient (Wildman–Crippen LogP) is 6.52. The highest BCUT2D eigenvalue weighted by Gasteiger charge is 2.46. The van der Waals surface area contributed by atoms with E-state index >= 15 is 0 Å². The highest BCUT2D eigenvalue weighted by Crippen LogP contribution is 2.43. The number of aliphatic hydroxyl groups excluding tert-OH is 1. The summed E-state index contributed by atoms with van der Waals surface area (Å²) in [6, 6.07) is 5.78. The van der Waals surface area contributed by atoms with E-state index < -0.39 is 23.9 Å². The number of unbranched alkanes of at least 4 members (excludes halogenated alkanes) is 2. The molecule has 2 N–H and O–H groups in total. The van der Waals surface area contributed by atoms with Gasteiger partial charge in [-0.15, -0.1) is 11.7 Å². The summed E-state index contributed by atoms with van der Waals surface area (Å²) in [5, 5.41) is 14.5. The number of hydrogen-bond donors (Lipinski definition) is 3. The van der Waals surface area contributed by atoms with Crippen LogP contribution in [0, 0.1) is 0 Å². The quantitative estimate of drug-likeness (QED) is 0.0891. The number of aliphatic hydroxyl groups is 1. The van der Waals surface area contributed by atoms with Crippen LogP contribution in [0.4, 0.5) is 16.2 Å². The Labute approximate surface area is 319 Å². The van der Waals surface area contributed by atoms with Gasteiger partial charge in [0, 0.05) is 30.6 Å². The predicted molar refractivity (Wildman–Crippen MR) is 209 cm³/mol. The van der Waals surface area contributed by atoms with E-state index in [0.29, 0.717) is 85.3 Å². The zero-order valence-corrected chi connectivity index (χ0v) is 32.4. The lowest BCUT2D eigenvalue weighted by atomic mass is 9.74. The molecule has 3 amide bonds. The molecule has 2 fully saturated rings. The molecule has 4 aliphatic rings. The van der Waals surface area contributed by atoms with Gasteiger partial charge in [-0.3, -0.25) is 14.6 Å². The van der Waals surface area contributed by atoms with Crippen molar-refractivity contribution in [2.75, 3.05) is 51.2 Å². The molecular formula is C38H48N4O9S2. The van der Waals surface area contributed by atoms with E-state index in [4.69, 9.17) is 23.7 Å². The fourth-order valence-corrected chi connectivity index (χ4v) is 7.20. The molecule has 0 radical (unpaired) electrons. The fourth-order valence-electron chi connectivity index (χ4n) is 6.82. The molecular weight excluding hydrogens is 721 g/mol. The number of carbonyl (C=O) groups is 3. The first-order valence-electron chi connectivity index (χ1n) is 17.7. The fraction of sp³-hybridized carbons (Fsp3) is 0.474. The third-order valence-corrected chi connectivity index (χ3v) is 10.2. The van der Waals surface area contributed by atoms with Crippen molar-refractivity contribution in [1.29, 1.82) is 0 Å². The van der Waals surface area contributed by atoms with Gasteiger partial charge in [0.15, 0.2) is 29.2 Å². The molecule has 13 nitrogen and oxygen atoms in total. The summed E-state index contributed by atoms with van der Waals surface area (Å²) < 4.78 is 28.7. The molecule has 53 heavy (non-hydrogen) atoms. The number of methoxy groups -OCH3 is 2. The normalized spacial score (nSPS) is 19.4. The number of fused-ring (bicyclic) bond motifs is 3. The van der Waals surface area contributed by atoms with Crippen molar-refractivity contribution < 1.29 is 43.2 Å². The van der Waals surface area contributed by atoms with E-state index in [9.17, 15) is 19.5 Å². The van der Waals surface area contributed by atoms with Gasteiger partial charge in [0.05, 0.1) is 61.5 Å². The average Bonchev–Trinajstić information content (AvgIpc) is 3.45. The van der Waals surface area contributed by atoms with Crippen LogP contribution in [-0.2, 0) is 4.74 Å². The molecule has 15 heteroatoms. The topological polar surface area (TPSA) is 148 Å². The van der Waals surface area contributed by atoms with Crippen LogP contribution in [0.5, 0.6) is 23.0 Å². The Morgan fingerprint density at radius 1 is 0.962 bits per heavy atom. The van der Waals surface area contributed by atoms with Crippen molar-refractivity contribution in [2.24, 2.45) is 4.99 Å². The number of benzene rings is 2. The van der Waals surface area contributed by atoms with E-state index in [-0.39, 0.29) is 36.2 Å². The Morgan fingerprint density at radius 2 is 1.60 bits per heavy atom. The number of ether oxygens (including phenoxy) is 5. The summed E-state index contributed by atoms with van der Waals surface area (Å²) in [5.41, 5.74) is 2.66. The lowest BCUT2D eigenvalue weighted by Gasteiger charge is -2.40. The van der Waals surface area contributed by atoms with Crippen LogP contribution in [0.15, 0.2) is 53.6 Å². The summed E-state index contributed by atoms with van der Waals surface area (Å²) >= 11 is 4.09. The monoisotopic (exact) mass is 768 g/mol. The lowest BCUT2D eigenvalue weighted by molar-refractivity contribution is 0.0493. The molecule has 3 heterocycles. The summed E-state index contributed by atoms with van der Waals surface area (Å²) in [6.45, 7) is 13.0. The Hall–Kier alpha value is -4.34. The van der Waals surface area contributed by atoms with Gasteiger partial charge in [0.1, 0.15) is 6.61 Å². The van der Waals surface area contributed by atoms with E-state index in [1.165, 1.54) is 36.0 Å². The minimum absolute atomic E-state index is 0.0750. The van der Waals surface area contributed by atoms with E-state index in [1.807, 2.05) is 13.8 Å². The van der Waals surface area contributed by atoms with E-state index in [1.54, 1.807) is 24.4 Å². The third kappa shape index (κ3) is 8.57. The standard InChI is InChI=1S/C36H42N4O9S2.C2H6/c1-21-12-27-34(43)40(35(44)49-10-11-51-50)26-16-31(29(46-4)14-24(26)33(42)39(27)19-21)48-9-7-5-6-8-47-30-15-25-23(13-28(30)45-3)32(41)38-36(20-37-25)17-22(2)18-36;1-2/h13-16,20,27,34,43,50H,1-2,5-12,17-19H2,3-4H3,(H,38,41);1-2H3. The number of nitrogens with one attached hydrogen (secondary N) is 1. The van der Waals surface area contributed by atoms with Gasteiger partial charge in [-0.25, -0.2) is 9.69 Å². The second-order valence-electron chi connectivity index (χ2n) is 13.0. The minimum Gasteiger partial charge on any atom is -0.493 e. The maximum atomic E-state index is 13.7. The Balaban J connectivity index is 0.00000266. The molecule has 2 atom stereocenters. The summed E-state index contributed by atoms with van der Waals surface area (Å²) in [4.78, 5) is 47.3. The molecule has 1 aliphatic carbocycles. The van der Waals surface area contributed by atoms with Crippen LogP contribution in [0.3, 0.4) is 0 Å². The highest BCUT2D eigenvalue weighted by molar-refractivity contribution is 8.68. The van der Waals surface area contributed by atoms with Gasteiger partial charge in [-0.2, -0.15) is 0 Å². The number of anilines is 1. The molecule has 0 aromatic heterocycles. The lowest BCUT2D eigenvalue weighted by Crippen LogP contribution is -2.55. The zero-order valence-electron chi connectivity index (χ0n) is 30.6. The zero-order chi connectivity index (χ0) is 38.3. The molecule has 1 spiro atoms. The number of hydrogen-bond acceptors (Lipinski definition) is 12. The van der Waals surface area contributed by atoms with Crippen LogP contribution in [0.25, 0.3) is 0 Å². The van der Waals surface area contributed by atoms with Crippen molar-refractivity contribution in [1.82, 2.24) is 10.2 Å². The molecule has 2 unspecified atom stereocenters. The Bertz CT molecular complexity index is 1760. The molecule has 286 valence electrons. The van der Waals surface area contributed by atoms with Gasteiger partial charge in [0.25, 0.3) is 11.8 Å². The first-order chi connectivity index (χ1) is 25.6. The van der Waals surface area contributed by atoms with Crippen LogP contribution < -0.4 is 29.2 Å². The van der Waals surface area contributed by atoms with E-state index in [0.717, 1.165) is 22.5 Å². The number of thiol groups is 1. The summed E-state index contributed by atoms with van der Waals surface area (Å²) in [7, 11) is 4.22. The Morgan fingerprint density at radius 3 is 2.23 bits per heavy atom. The van der Waals surface area contributed by atoms with Crippen LogP contribution >= 0.6 is 22.5 Å². The third-order valence-electron chi connectivity index (χ3n) is 9.30. The van der Waals surface area contributed by atoms with Gasteiger partial charge in [-0.1, -0.05) is 48.9 Å². The first-order valence-corrected chi connectivity index (χ1v) is 19.7. The molecule has 2 aromatic carbocycles. The van der Waals surface area contributed by atoms with Crippen LogP contribution in [0.2, 0.25) is 0 Å².